The number of benzene rings is 1. The summed E-state index contributed by atoms with van der Waals surface area (Å²) in [6, 6.07) is 11.5. The first-order chi connectivity index (χ1) is 12.6. The van der Waals surface area contributed by atoms with Gasteiger partial charge in [0.25, 0.3) is 0 Å². The van der Waals surface area contributed by atoms with Crippen molar-refractivity contribution < 1.29 is 9.53 Å². The molecule has 0 bridgehead atoms. The average Bonchev–Trinajstić information content (AvgIpc) is 3.16. The number of likely N-dealkylation sites (N-methyl/N-ethyl adjacent to an activating group) is 1. The summed E-state index contributed by atoms with van der Waals surface area (Å²) in [4.78, 5) is 23.1. The number of carbonyl (C=O) groups excluding carboxylic acids is 1. The lowest BCUT2D eigenvalue weighted by atomic mass is 10.1. The molecule has 1 amide bonds. The van der Waals surface area contributed by atoms with Crippen LogP contribution in [0.25, 0.3) is 10.6 Å². The van der Waals surface area contributed by atoms with E-state index in [0.29, 0.717) is 0 Å². The SMILES string of the molecule is COc1ccccc1C(C)N(C)C(=O)Cc1csc(-c2cccnc2)n1. The maximum Gasteiger partial charge on any atom is 0.228 e. The molecule has 0 fully saturated rings. The summed E-state index contributed by atoms with van der Waals surface area (Å²) in [6.45, 7) is 2.00. The molecule has 0 saturated carbocycles. The van der Waals surface area contributed by atoms with E-state index in [-0.39, 0.29) is 18.4 Å². The molecule has 2 aromatic heterocycles. The smallest absolute Gasteiger partial charge is 0.228 e. The Kier molecular flexibility index (Phi) is 5.63. The molecule has 3 aromatic rings. The lowest BCUT2D eigenvalue weighted by molar-refractivity contribution is -0.131. The Morgan fingerprint density at radius 1 is 1.27 bits per heavy atom. The molecule has 2 heterocycles. The van der Waals surface area contributed by atoms with Crippen LogP contribution in [-0.4, -0.2) is 34.9 Å². The van der Waals surface area contributed by atoms with Gasteiger partial charge in [-0.05, 0) is 25.1 Å². The largest absolute Gasteiger partial charge is 0.496 e. The molecule has 3 rings (SSSR count). The van der Waals surface area contributed by atoms with Crippen molar-refractivity contribution in [3.63, 3.8) is 0 Å². The normalized spacial score (nSPS) is 11.8. The highest BCUT2D eigenvalue weighted by molar-refractivity contribution is 7.13. The molecule has 1 atom stereocenters. The highest BCUT2D eigenvalue weighted by Crippen LogP contribution is 2.29. The van der Waals surface area contributed by atoms with Gasteiger partial charge < -0.3 is 9.64 Å². The van der Waals surface area contributed by atoms with Crippen LogP contribution in [0.1, 0.15) is 24.2 Å². The first kappa shape index (κ1) is 18.1. The summed E-state index contributed by atoms with van der Waals surface area (Å²) in [5.74, 6) is 0.804. The number of thiazole rings is 1. The number of para-hydroxylation sites is 1. The molecule has 1 unspecified atom stereocenters. The lowest BCUT2D eigenvalue weighted by Gasteiger charge is -2.26. The third-order valence-corrected chi connectivity index (χ3v) is 5.30. The van der Waals surface area contributed by atoms with Crippen LogP contribution >= 0.6 is 11.3 Å². The minimum atomic E-state index is -0.0879. The molecule has 0 radical (unpaired) electrons. The van der Waals surface area contributed by atoms with Crippen LogP contribution in [0.4, 0.5) is 0 Å². The fraction of sp³-hybridized carbons (Fsp3) is 0.250. The van der Waals surface area contributed by atoms with Gasteiger partial charge in [-0.2, -0.15) is 0 Å². The van der Waals surface area contributed by atoms with Gasteiger partial charge in [-0.3, -0.25) is 9.78 Å². The zero-order valence-corrected chi connectivity index (χ0v) is 15.9. The predicted molar refractivity (Wildman–Crippen MR) is 103 cm³/mol. The van der Waals surface area contributed by atoms with Crippen LogP contribution in [0.2, 0.25) is 0 Å². The second-order valence-electron chi connectivity index (χ2n) is 5.99. The maximum atomic E-state index is 12.7. The summed E-state index contributed by atoms with van der Waals surface area (Å²) >= 11 is 1.53. The van der Waals surface area contributed by atoms with Gasteiger partial charge in [0.15, 0.2) is 0 Å². The Morgan fingerprint density at radius 3 is 2.81 bits per heavy atom. The highest BCUT2D eigenvalue weighted by Gasteiger charge is 2.21. The molecule has 0 saturated heterocycles. The van der Waals surface area contributed by atoms with Crippen LogP contribution < -0.4 is 4.74 Å². The fourth-order valence-electron chi connectivity index (χ4n) is 2.73. The number of carbonyl (C=O) groups is 1. The van der Waals surface area contributed by atoms with Gasteiger partial charge in [-0.25, -0.2) is 4.98 Å². The number of aromatic nitrogens is 2. The third kappa shape index (κ3) is 3.91. The monoisotopic (exact) mass is 367 g/mol. The van der Waals surface area contributed by atoms with Crippen LogP contribution in [0.5, 0.6) is 5.75 Å². The van der Waals surface area contributed by atoms with Crippen LogP contribution in [-0.2, 0) is 11.2 Å². The van der Waals surface area contributed by atoms with Crippen molar-refractivity contribution in [3.8, 4) is 16.3 Å². The minimum Gasteiger partial charge on any atom is -0.496 e. The maximum absolute atomic E-state index is 12.7. The van der Waals surface area contributed by atoms with Gasteiger partial charge in [0.05, 0.1) is 25.3 Å². The van der Waals surface area contributed by atoms with E-state index in [4.69, 9.17) is 4.74 Å². The van der Waals surface area contributed by atoms with Crippen LogP contribution in [0.15, 0.2) is 54.2 Å². The van der Waals surface area contributed by atoms with Gasteiger partial charge in [0.1, 0.15) is 10.8 Å². The van der Waals surface area contributed by atoms with Gasteiger partial charge in [-0.1, -0.05) is 18.2 Å². The first-order valence-electron chi connectivity index (χ1n) is 8.33. The lowest BCUT2D eigenvalue weighted by Crippen LogP contribution is -2.31. The van der Waals surface area contributed by atoms with Gasteiger partial charge in [-0.15, -0.1) is 11.3 Å². The van der Waals surface area contributed by atoms with E-state index in [1.807, 2.05) is 55.7 Å². The zero-order valence-electron chi connectivity index (χ0n) is 15.0. The Bertz CT molecular complexity index is 880. The summed E-state index contributed by atoms with van der Waals surface area (Å²) in [6.07, 6.45) is 3.78. The summed E-state index contributed by atoms with van der Waals surface area (Å²) in [7, 11) is 3.45. The standard InChI is InChI=1S/C20H21N3O2S/c1-14(17-8-4-5-9-18(17)25-3)23(2)19(24)11-16-13-26-20(22-16)15-7-6-10-21-12-15/h4-10,12-14H,11H2,1-3H3. The Morgan fingerprint density at radius 2 is 2.08 bits per heavy atom. The molecule has 26 heavy (non-hydrogen) atoms. The van der Waals surface area contributed by atoms with Crippen LogP contribution in [0, 0.1) is 0 Å². The molecule has 6 heteroatoms. The number of hydrogen-bond acceptors (Lipinski definition) is 5. The zero-order chi connectivity index (χ0) is 18.5. The van der Waals surface area contributed by atoms with E-state index in [2.05, 4.69) is 9.97 Å². The van der Waals surface area contributed by atoms with E-state index in [9.17, 15) is 4.79 Å². The molecule has 0 spiro atoms. The van der Waals surface area contributed by atoms with Crippen molar-refractivity contribution in [2.24, 2.45) is 0 Å². The number of rotatable bonds is 6. The first-order valence-corrected chi connectivity index (χ1v) is 9.21. The predicted octanol–water partition coefficient (Wildman–Crippen LogP) is 3.98. The number of pyridine rings is 1. The Labute approximate surface area is 157 Å². The molecular weight excluding hydrogens is 346 g/mol. The summed E-state index contributed by atoms with van der Waals surface area (Å²) < 4.78 is 5.41. The molecule has 0 aliphatic heterocycles. The van der Waals surface area contributed by atoms with Crippen molar-refractivity contribution in [2.45, 2.75) is 19.4 Å². The van der Waals surface area contributed by atoms with E-state index < -0.39 is 0 Å². The molecule has 0 aliphatic rings. The molecule has 5 nitrogen and oxygen atoms in total. The number of methoxy groups -OCH3 is 1. The molecule has 134 valence electrons. The van der Waals surface area contributed by atoms with Crippen molar-refractivity contribution in [3.05, 3.63) is 65.4 Å². The molecule has 1 aromatic carbocycles. The number of nitrogens with zero attached hydrogens (tertiary/aromatic N) is 3. The highest BCUT2D eigenvalue weighted by atomic mass is 32.1. The van der Waals surface area contributed by atoms with E-state index in [1.54, 1.807) is 24.4 Å². The second-order valence-corrected chi connectivity index (χ2v) is 6.84. The van der Waals surface area contributed by atoms with Crippen molar-refractivity contribution >= 4 is 17.2 Å². The number of amides is 1. The van der Waals surface area contributed by atoms with E-state index in [0.717, 1.165) is 27.6 Å². The van der Waals surface area contributed by atoms with E-state index in [1.165, 1.54) is 11.3 Å². The van der Waals surface area contributed by atoms with Gasteiger partial charge in [0, 0.05) is 35.9 Å². The van der Waals surface area contributed by atoms with E-state index >= 15 is 0 Å². The molecule has 0 aliphatic carbocycles. The minimum absolute atomic E-state index is 0.0199. The van der Waals surface area contributed by atoms with Crippen LogP contribution in [0.3, 0.4) is 0 Å². The quantitative estimate of drug-likeness (QED) is 0.661. The topological polar surface area (TPSA) is 55.3 Å². The van der Waals surface area contributed by atoms with Gasteiger partial charge >= 0.3 is 0 Å². The summed E-state index contributed by atoms with van der Waals surface area (Å²) in [5, 5.41) is 2.81. The van der Waals surface area contributed by atoms with Crippen molar-refractivity contribution in [2.75, 3.05) is 14.2 Å². The second kappa shape index (κ2) is 8.10. The average molecular weight is 367 g/mol. The van der Waals surface area contributed by atoms with Crippen molar-refractivity contribution in [1.29, 1.82) is 0 Å². The number of hydrogen-bond donors (Lipinski definition) is 0. The molecular formula is C20H21N3O2S. The Hall–Kier alpha value is -2.73. The number of ether oxygens (including phenoxy) is 1. The summed E-state index contributed by atoms with van der Waals surface area (Å²) in [5.41, 5.74) is 2.73. The van der Waals surface area contributed by atoms with Gasteiger partial charge in [0.2, 0.25) is 5.91 Å². The fourth-order valence-corrected chi connectivity index (χ4v) is 3.54. The third-order valence-electron chi connectivity index (χ3n) is 4.36. The Balaban J connectivity index is 1.71. The van der Waals surface area contributed by atoms with Crippen molar-refractivity contribution in [1.82, 2.24) is 14.9 Å². The molecule has 0 N–H and O–H groups in total.